The number of rotatable bonds is 34. The molecule has 0 aromatic rings. The summed E-state index contributed by atoms with van der Waals surface area (Å²) in [6.45, 7) is 4.17. The Morgan fingerprint density at radius 1 is 0.560 bits per heavy atom. The van der Waals surface area contributed by atoms with Crippen molar-refractivity contribution in [3.05, 3.63) is 0 Å². The number of likely N-dealkylation sites (N-methyl/N-ethyl adjacent to an activating group) is 1. The van der Waals surface area contributed by atoms with Crippen LogP contribution in [0, 0.1) is 0 Å². The number of amides is 5. The van der Waals surface area contributed by atoms with Crippen LogP contribution in [0.1, 0.15) is 136 Å². The van der Waals surface area contributed by atoms with E-state index in [1.807, 2.05) is 6.92 Å². The van der Waals surface area contributed by atoms with Gasteiger partial charge < -0.3 is 41.2 Å². The van der Waals surface area contributed by atoms with Crippen molar-refractivity contribution in [2.75, 3.05) is 46.6 Å². The standard InChI is InChI=1S/C36H67N5O9/c1-4-6-8-9-10-11-12-13-14-15-16-17-18-20-31(42)39-27-32(43)40-30(21-22-34(45)46)36(48)38-23-24-49-25-26-50-28-33(44)41-29(19-7-5-2)35(47)37-3/h29-30H,4-28H2,1-3H3,(H,37,47)(H,38,48)(H,39,42)(H,40,43)(H,41,44)(H,45,46)/t29-,30-/m0/s1. The van der Waals surface area contributed by atoms with Gasteiger partial charge in [-0.25, -0.2) is 0 Å². The molecule has 0 spiro atoms. The normalized spacial score (nSPS) is 12.1. The predicted molar refractivity (Wildman–Crippen MR) is 192 cm³/mol. The molecule has 0 aliphatic rings. The molecule has 0 aromatic carbocycles. The maximum absolute atomic E-state index is 12.7. The zero-order valence-electron chi connectivity index (χ0n) is 31.0. The first-order valence-electron chi connectivity index (χ1n) is 18.9. The third-order valence-corrected chi connectivity index (χ3v) is 8.15. The first kappa shape index (κ1) is 46.7. The van der Waals surface area contributed by atoms with Crippen molar-refractivity contribution in [1.82, 2.24) is 26.6 Å². The first-order chi connectivity index (χ1) is 24.1. The number of aliphatic carboxylic acids is 1. The number of hydrogen-bond acceptors (Lipinski definition) is 8. The number of unbranched alkanes of at least 4 members (excludes halogenated alkanes) is 13. The van der Waals surface area contributed by atoms with E-state index < -0.39 is 35.8 Å². The van der Waals surface area contributed by atoms with E-state index in [1.54, 1.807) is 0 Å². The second-order valence-corrected chi connectivity index (χ2v) is 12.7. The minimum Gasteiger partial charge on any atom is -0.481 e. The molecule has 0 unspecified atom stereocenters. The SMILES string of the molecule is CCCCCCCCCCCCCCCC(=O)NCC(=O)N[C@@H](CCC(=O)O)C(=O)NCCOCCOCC(=O)N[C@@H](CCCC)C(=O)NC. The van der Waals surface area contributed by atoms with Crippen LogP contribution in [0.4, 0.5) is 0 Å². The van der Waals surface area contributed by atoms with Gasteiger partial charge in [0.2, 0.25) is 29.5 Å². The lowest BCUT2D eigenvalue weighted by Gasteiger charge is -2.18. The molecule has 0 heterocycles. The van der Waals surface area contributed by atoms with Gasteiger partial charge in [0.15, 0.2) is 0 Å². The third kappa shape index (κ3) is 28.6. The number of ether oxygens (including phenoxy) is 2. The average Bonchev–Trinajstić information content (AvgIpc) is 3.09. The molecule has 2 atom stereocenters. The molecule has 0 saturated carbocycles. The molecule has 0 fully saturated rings. The third-order valence-electron chi connectivity index (χ3n) is 8.15. The summed E-state index contributed by atoms with van der Waals surface area (Å²) in [6, 6.07) is -1.70. The summed E-state index contributed by atoms with van der Waals surface area (Å²) in [5.74, 6) is -3.17. The average molecular weight is 714 g/mol. The van der Waals surface area contributed by atoms with Gasteiger partial charge in [0.25, 0.3) is 0 Å². The maximum Gasteiger partial charge on any atom is 0.303 e. The van der Waals surface area contributed by atoms with Crippen molar-refractivity contribution in [3.8, 4) is 0 Å². The van der Waals surface area contributed by atoms with Crippen molar-refractivity contribution in [1.29, 1.82) is 0 Å². The van der Waals surface area contributed by atoms with Crippen LogP contribution in [0.2, 0.25) is 0 Å². The van der Waals surface area contributed by atoms with Crippen LogP contribution in [-0.2, 0) is 38.2 Å². The largest absolute Gasteiger partial charge is 0.481 e. The predicted octanol–water partition coefficient (Wildman–Crippen LogP) is 3.50. The highest BCUT2D eigenvalue weighted by Gasteiger charge is 2.22. The second-order valence-electron chi connectivity index (χ2n) is 12.7. The molecular weight excluding hydrogens is 646 g/mol. The number of nitrogens with one attached hydrogen (secondary N) is 5. The van der Waals surface area contributed by atoms with Crippen LogP contribution < -0.4 is 26.6 Å². The molecule has 0 aliphatic carbocycles. The Bertz CT molecular complexity index is 951. The summed E-state index contributed by atoms with van der Waals surface area (Å²) in [5.41, 5.74) is 0. The highest BCUT2D eigenvalue weighted by molar-refractivity contribution is 5.90. The number of carbonyl (C=O) groups is 6. The summed E-state index contributed by atoms with van der Waals surface area (Å²) in [4.78, 5) is 72.4. The van der Waals surface area contributed by atoms with E-state index in [4.69, 9.17) is 14.6 Å². The van der Waals surface area contributed by atoms with E-state index in [0.29, 0.717) is 12.8 Å². The van der Waals surface area contributed by atoms with Crippen molar-refractivity contribution in [3.63, 3.8) is 0 Å². The van der Waals surface area contributed by atoms with Crippen LogP contribution in [0.15, 0.2) is 0 Å². The van der Waals surface area contributed by atoms with Crippen LogP contribution in [-0.4, -0.2) is 99.3 Å². The Labute approximate surface area is 299 Å². The van der Waals surface area contributed by atoms with E-state index in [1.165, 1.54) is 71.3 Å². The van der Waals surface area contributed by atoms with Gasteiger partial charge in [-0.05, 0) is 19.3 Å². The monoisotopic (exact) mass is 713 g/mol. The number of carboxylic acid groups (broad SMARTS) is 1. The van der Waals surface area contributed by atoms with E-state index in [2.05, 4.69) is 33.5 Å². The highest BCUT2D eigenvalue weighted by atomic mass is 16.5. The Hall–Kier alpha value is -3.26. The summed E-state index contributed by atoms with van der Waals surface area (Å²) < 4.78 is 10.7. The van der Waals surface area contributed by atoms with Gasteiger partial charge in [-0.3, -0.25) is 28.8 Å². The number of hydrogen-bond donors (Lipinski definition) is 6. The molecule has 14 nitrogen and oxygen atoms in total. The lowest BCUT2D eigenvalue weighted by Crippen LogP contribution is -2.50. The fourth-order valence-electron chi connectivity index (χ4n) is 5.19. The lowest BCUT2D eigenvalue weighted by atomic mass is 10.0. The Kier molecular flexibility index (Phi) is 30.8. The summed E-state index contributed by atoms with van der Waals surface area (Å²) in [7, 11) is 1.51. The molecule has 0 rings (SSSR count). The molecule has 14 heteroatoms. The van der Waals surface area contributed by atoms with Crippen molar-refractivity contribution in [2.24, 2.45) is 0 Å². The number of carbonyl (C=O) groups excluding carboxylic acids is 5. The summed E-state index contributed by atoms with van der Waals surface area (Å²) in [6.07, 6.45) is 17.9. The quantitative estimate of drug-likeness (QED) is 0.0540. The molecule has 0 aromatic heterocycles. The zero-order valence-corrected chi connectivity index (χ0v) is 31.0. The van der Waals surface area contributed by atoms with Crippen molar-refractivity contribution in [2.45, 2.75) is 148 Å². The van der Waals surface area contributed by atoms with Gasteiger partial charge in [-0.2, -0.15) is 0 Å². The second kappa shape index (κ2) is 32.9. The maximum atomic E-state index is 12.7. The minimum atomic E-state index is -1.11. The first-order valence-corrected chi connectivity index (χ1v) is 18.9. The zero-order chi connectivity index (χ0) is 37.2. The Balaban J connectivity index is 4.15. The van der Waals surface area contributed by atoms with Gasteiger partial charge >= 0.3 is 5.97 Å². The van der Waals surface area contributed by atoms with Crippen LogP contribution in [0.5, 0.6) is 0 Å². The summed E-state index contributed by atoms with van der Waals surface area (Å²) in [5, 5.41) is 21.9. The van der Waals surface area contributed by atoms with Gasteiger partial charge in [-0.1, -0.05) is 104 Å². The minimum absolute atomic E-state index is 0.0971. The van der Waals surface area contributed by atoms with Crippen LogP contribution >= 0.6 is 0 Å². The molecule has 0 bridgehead atoms. The molecule has 5 amide bonds. The van der Waals surface area contributed by atoms with Crippen LogP contribution in [0.25, 0.3) is 0 Å². The van der Waals surface area contributed by atoms with Crippen molar-refractivity contribution >= 4 is 35.5 Å². The van der Waals surface area contributed by atoms with Crippen LogP contribution in [0.3, 0.4) is 0 Å². The molecule has 50 heavy (non-hydrogen) atoms. The molecule has 6 N–H and O–H groups in total. The fourth-order valence-corrected chi connectivity index (χ4v) is 5.19. The van der Waals surface area contributed by atoms with E-state index in [9.17, 15) is 28.8 Å². The van der Waals surface area contributed by atoms with Crippen molar-refractivity contribution < 1.29 is 43.3 Å². The van der Waals surface area contributed by atoms with Gasteiger partial charge in [0.05, 0.1) is 26.4 Å². The smallest absolute Gasteiger partial charge is 0.303 e. The summed E-state index contributed by atoms with van der Waals surface area (Å²) >= 11 is 0. The number of carboxylic acids is 1. The van der Waals surface area contributed by atoms with E-state index in [0.717, 1.165) is 32.1 Å². The van der Waals surface area contributed by atoms with Gasteiger partial charge in [0, 0.05) is 26.4 Å². The fraction of sp³-hybridized carbons (Fsp3) is 0.833. The lowest BCUT2D eigenvalue weighted by molar-refractivity contribution is -0.138. The topological polar surface area (TPSA) is 201 Å². The molecular formula is C36H67N5O9. The molecule has 0 radical (unpaired) electrons. The molecule has 290 valence electrons. The van der Waals surface area contributed by atoms with E-state index >= 15 is 0 Å². The highest BCUT2D eigenvalue weighted by Crippen LogP contribution is 2.13. The Morgan fingerprint density at radius 2 is 1.10 bits per heavy atom. The van der Waals surface area contributed by atoms with Gasteiger partial charge in [-0.15, -0.1) is 0 Å². The Morgan fingerprint density at radius 3 is 1.68 bits per heavy atom. The van der Waals surface area contributed by atoms with Gasteiger partial charge in [0.1, 0.15) is 18.7 Å². The van der Waals surface area contributed by atoms with E-state index in [-0.39, 0.29) is 64.2 Å². The molecule has 0 saturated heterocycles. The molecule has 0 aliphatic heterocycles.